The van der Waals surface area contributed by atoms with Gasteiger partial charge in [-0.2, -0.15) is 0 Å². The number of hydrogen-bond acceptors (Lipinski definition) is 6. The van der Waals surface area contributed by atoms with Gasteiger partial charge in [0.1, 0.15) is 18.1 Å². The van der Waals surface area contributed by atoms with E-state index in [4.69, 9.17) is 11.5 Å². The average Bonchev–Trinajstić information content (AvgIpc) is 3.42. The molecule has 0 saturated carbocycles. The van der Waals surface area contributed by atoms with Gasteiger partial charge in [0.25, 0.3) is 0 Å². The molecule has 1 fully saturated rings. The first-order valence-electron chi connectivity index (χ1n) is 12.9. The maximum absolute atomic E-state index is 13.6. The van der Waals surface area contributed by atoms with Crippen LogP contribution in [0.4, 0.5) is 0 Å². The van der Waals surface area contributed by atoms with Crippen LogP contribution < -0.4 is 22.1 Å². The Morgan fingerprint density at radius 2 is 1.41 bits per heavy atom. The highest BCUT2D eigenvalue weighted by molar-refractivity contribution is 5.94. The van der Waals surface area contributed by atoms with E-state index in [1.165, 1.54) is 4.90 Å². The normalized spacial score (nSPS) is 17.1. The molecular weight excluding hydrogens is 502 g/mol. The predicted molar refractivity (Wildman–Crippen MR) is 143 cm³/mol. The monoisotopic (exact) mass is 537 g/mol. The van der Waals surface area contributed by atoms with Gasteiger partial charge >= 0.3 is 5.97 Å². The molecule has 3 rings (SSSR count). The SMILES string of the molecule is NC(=O)CCC(N)C(=O)NC(Cc1ccccc1)C(=O)NC(Cc1ccccc1)C(=O)N1CCCC1C(=O)O. The molecule has 208 valence electrons. The zero-order valence-electron chi connectivity index (χ0n) is 21.6. The molecule has 0 aliphatic carbocycles. The quantitative estimate of drug-likeness (QED) is 0.240. The van der Waals surface area contributed by atoms with E-state index in [-0.39, 0.29) is 32.2 Å². The summed E-state index contributed by atoms with van der Waals surface area (Å²) in [6.45, 7) is 0.274. The van der Waals surface area contributed by atoms with Crippen molar-refractivity contribution in [2.45, 2.75) is 62.7 Å². The first-order valence-corrected chi connectivity index (χ1v) is 12.9. The van der Waals surface area contributed by atoms with Crippen molar-refractivity contribution in [3.63, 3.8) is 0 Å². The van der Waals surface area contributed by atoms with E-state index in [2.05, 4.69) is 10.6 Å². The molecule has 2 aromatic rings. The number of aliphatic carboxylic acids is 1. The van der Waals surface area contributed by atoms with E-state index in [0.717, 1.165) is 11.1 Å². The Hall–Kier alpha value is -4.25. The van der Waals surface area contributed by atoms with Crippen LogP contribution in [-0.4, -0.2) is 70.3 Å². The summed E-state index contributed by atoms with van der Waals surface area (Å²) in [6, 6.07) is 13.9. The summed E-state index contributed by atoms with van der Waals surface area (Å²) in [5.41, 5.74) is 12.6. The van der Waals surface area contributed by atoms with Gasteiger partial charge in [0, 0.05) is 25.8 Å². The van der Waals surface area contributed by atoms with Crippen LogP contribution in [0.1, 0.15) is 36.8 Å². The smallest absolute Gasteiger partial charge is 0.326 e. The van der Waals surface area contributed by atoms with Crippen LogP contribution >= 0.6 is 0 Å². The second-order valence-corrected chi connectivity index (χ2v) is 9.64. The van der Waals surface area contributed by atoms with E-state index < -0.39 is 53.8 Å². The number of carbonyl (C=O) groups is 5. The molecule has 4 atom stereocenters. The third-order valence-corrected chi connectivity index (χ3v) is 6.67. The number of nitrogens with two attached hydrogens (primary N) is 2. The number of nitrogens with zero attached hydrogens (tertiary/aromatic N) is 1. The minimum Gasteiger partial charge on any atom is -0.480 e. The molecular formula is C28H35N5O6. The average molecular weight is 538 g/mol. The Morgan fingerprint density at radius 1 is 0.872 bits per heavy atom. The van der Waals surface area contributed by atoms with Crippen molar-refractivity contribution in [2.24, 2.45) is 11.5 Å². The number of benzene rings is 2. The number of rotatable bonds is 13. The minimum atomic E-state index is -1.09. The molecule has 4 amide bonds. The number of nitrogens with one attached hydrogen (secondary N) is 2. The van der Waals surface area contributed by atoms with Crippen molar-refractivity contribution < 1.29 is 29.1 Å². The number of hydrogen-bond donors (Lipinski definition) is 5. The zero-order chi connectivity index (χ0) is 28.4. The second kappa shape index (κ2) is 14.1. The van der Waals surface area contributed by atoms with E-state index in [0.29, 0.717) is 12.8 Å². The molecule has 11 heteroatoms. The number of carboxylic acid groups (broad SMARTS) is 1. The first kappa shape index (κ1) is 29.3. The molecule has 39 heavy (non-hydrogen) atoms. The van der Waals surface area contributed by atoms with Crippen LogP contribution in [0.25, 0.3) is 0 Å². The Morgan fingerprint density at radius 3 is 1.95 bits per heavy atom. The molecule has 7 N–H and O–H groups in total. The van der Waals surface area contributed by atoms with Gasteiger partial charge in [0.05, 0.1) is 6.04 Å². The highest BCUT2D eigenvalue weighted by Gasteiger charge is 2.38. The van der Waals surface area contributed by atoms with Crippen LogP contribution in [0, 0.1) is 0 Å². The summed E-state index contributed by atoms with van der Waals surface area (Å²) in [7, 11) is 0. The molecule has 0 bridgehead atoms. The maximum atomic E-state index is 13.6. The summed E-state index contributed by atoms with van der Waals surface area (Å²) < 4.78 is 0. The number of carboxylic acids is 1. The molecule has 0 radical (unpaired) electrons. The third-order valence-electron chi connectivity index (χ3n) is 6.67. The lowest BCUT2D eigenvalue weighted by Crippen LogP contribution is -2.58. The highest BCUT2D eigenvalue weighted by atomic mass is 16.4. The fourth-order valence-corrected chi connectivity index (χ4v) is 4.58. The van der Waals surface area contributed by atoms with Gasteiger partial charge in [-0.15, -0.1) is 0 Å². The van der Waals surface area contributed by atoms with Crippen LogP contribution in [0.5, 0.6) is 0 Å². The van der Waals surface area contributed by atoms with Crippen LogP contribution in [-0.2, 0) is 36.8 Å². The second-order valence-electron chi connectivity index (χ2n) is 9.64. The Kier molecular flexibility index (Phi) is 10.6. The number of carbonyl (C=O) groups excluding carboxylic acids is 4. The lowest BCUT2D eigenvalue weighted by Gasteiger charge is -2.29. The van der Waals surface area contributed by atoms with Gasteiger partial charge in [-0.25, -0.2) is 4.79 Å². The summed E-state index contributed by atoms with van der Waals surface area (Å²) in [5.74, 6) is -3.44. The molecule has 1 aliphatic rings. The molecule has 11 nitrogen and oxygen atoms in total. The van der Waals surface area contributed by atoms with Crippen LogP contribution in [0.15, 0.2) is 60.7 Å². The van der Waals surface area contributed by atoms with Gasteiger partial charge < -0.3 is 32.1 Å². The Balaban J connectivity index is 1.83. The molecule has 0 spiro atoms. The van der Waals surface area contributed by atoms with Crippen molar-refractivity contribution in [3.05, 3.63) is 71.8 Å². The number of primary amides is 1. The third kappa shape index (κ3) is 8.64. The van der Waals surface area contributed by atoms with Crippen molar-refractivity contribution in [3.8, 4) is 0 Å². The van der Waals surface area contributed by atoms with Gasteiger partial charge in [-0.1, -0.05) is 60.7 Å². The summed E-state index contributed by atoms with van der Waals surface area (Å²) >= 11 is 0. The van der Waals surface area contributed by atoms with Gasteiger partial charge in [0.2, 0.25) is 23.6 Å². The Bertz CT molecular complexity index is 1160. The zero-order valence-corrected chi connectivity index (χ0v) is 21.6. The van der Waals surface area contributed by atoms with Crippen molar-refractivity contribution in [1.82, 2.24) is 15.5 Å². The lowest BCUT2D eigenvalue weighted by molar-refractivity contribution is -0.149. The highest BCUT2D eigenvalue weighted by Crippen LogP contribution is 2.20. The lowest BCUT2D eigenvalue weighted by atomic mass is 10.0. The fraction of sp³-hybridized carbons (Fsp3) is 0.393. The number of likely N-dealkylation sites (tertiary alicyclic amines) is 1. The summed E-state index contributed by atoms with van der Waals surface area (Å²) in [5, 5.41) is 15.0. The van der Waals surface area contributed by atoms with E-state index in [1.54, 1.807) is 36.4 Å². The van der Waals surface area contributed by atoms with Crippen LogP contribution in [0.2, 0.25) is 0 Å². The molecule has 1 aliphatic heterocycles. The van der Waals surface area contributed by atoms with E-state index in [9.17, 15) is 29.1 Å². The largest absolute Gasteiger partial charge is 0.480 e. The molecule has 1 heterocycles. The maximum Gasteiger partial charge on any atom is 0.326 e. The van der Waals surface area contributed by atoms with E-state index >= 15 is 0 Å². The van der Waals surface area contributed by atoms with Gasteiger partial charge in [0.15, 0.2) is 0 Å². The van der Waals surface area contributed by atoms with Gasteiger partial charge in [-0.05, 0) is 30.4 Å². The van der Waals surface area contributed by atoms with Crippen LogP contribution in [0.3, 0.4) is 0 Å². The molecule has 0 aromatic heterocycles. The van der Waals surface area contributed by atoms with Crippen molar-refractivity contribution in [1.29, 1.82) is 0 Å². The molecule has 4 unspecified atom stereocenters. The predicted octanol–water partition coefficient (Wildman–Crippen LogP) is 0.110. The molecule has 2 aromatic carbocycles. The topological polar surface area (TPSA) is 185 Å². The van der Waals surface area contributed by atoms with E-state index in [1.807, 2.05) is 24.3 Å². The number of amides is 4. The fourth-order valence-electron chi connectivity index (χ4n) is 4.58. The van der Waals surface area contributed by atoms with Crippen molar-refractivity contribution in [2.75, 3.05) is 6.54 Å². The van der Waals surface area contributed by atoms with Crippen molar-refractivity contribution >= 4 is 29.6 Å². The standard InChI is InChI=1S/C28H35N5O6/c29-20(13-14-24(30)34)25(35)31-21(16-18-8-3-1-4-9-18)26(36)32-22(17-19-10-5-2-6-11-19)27(37)33-15-7-12-23(33)28(38)39/h1-6,8-11,20-23H,7,12-17,29H2,(H2,30,34)(H,31,35)(H,32,36)(H,38,39). The summed E-state index contributed by atoms with van der Waals surface area (Å²) in [4.78, 5) is 64.1. The molecule has 1 saturated heterocycles. The Labute approximate surface area is 226 Å². The van der Waals surface area contributed by atoms with Gasteiger partial charge in [-0.3, -0.25) is 19.2 Å². The minimum absolute atomic E-state index is 0.0154. The first-order chi connectivity index (χ1) is 18.7. The summed E-state index contributed by atoms with van der Waals surface area (Å²) in [6.07, 6.45) is 1.07.